The molecule has 0 fully saturated rings. The van der Waals surface area contributed by atoms with Crippen LogP contribution < -0.4 is 14.8 Å². The second-order valence-corrected chi connectivity index (χ2v) is 8.50. The molecule has 1 amide bonds. The molecule has 1 heterocycles. The van der Waals surface area contributed by atoms with E-state index in [4.69, 9.17) is 9.47 Å². The van der Waals surface area contributed by atoms with E-state index in [1.54, 1.807) is 20.3 Å². The van der Waals surface area contributed by atoms with Crippen molar-refractivity contribution >= 4 is 23.4 Å². The van der Waals surface area contributed by atoms with Crippen molar-refractivity contribution in [2.24, 2.45) is 0 Å². The van der Waals surface area contributed by atoms with Gasteiger partial charge in [0.05, 0.1) is 19.5 Å². The van der Waals surface area contributed by atoms with Gasteiger partial charge in [0.25, 0.3) is 0 Å². The van der Waals surface area contributed by atoms with Crippen molar-refractivity contribution in [1.29, 1.82) is 0 Å². The molecule has 0 aliphatic heterocycles. The maximum absolute atomic E-state index is 12.9. The van der Waals surface area contributed by atoms with Gasteiger partial charge < -0.3 is 14.8 Å². The molecule has 0 aliphatic carbocycles. The second kappa shape index (κ2) is 10.2. The number of aromatic nitrogens is 3. The Morgan fingerprint density at radius 1 is 0.909 bits per heavy atom. The van der Waals surface area contributed by atoms with Crippen molar-refractivity contribution in [2.75, 3.05) is 19.5 Å². The third-order valence-corrected chi connectivity index (χ3v) is 6.01. The first-order chi connectivity index (χ1) is 16.1. The van der Waals surface area contributed by atoms with Crippen LogP contribution in [0.3, 0.4) is 0 Å². The van der Waals surface area contributed by atoms with Gasteiger partial charge in [-0.1, -0.05) is 48.2 Å². The van der Waals surface area contributed by atoms with Crippen LogP contribution in [0.2, 0.25) is 0 Å². The normalized spacial score (nSPS) is 11.6. The van der Waals surface area contributed by atoms with Crippen LogP contribution in [0.25, 0.3) is 17.1 Å². The van der Waals surface area contributed by atoms with Crippen LogP contribution in [-0.4, -0.2) is 40.1 Å². The Morgan fingerprint density at radius 3 is 2.33 bits per heavy atom. The summed E-state index contributed by atoms with van der Waals surface area (Å²) >= 11 is 1.34. The summed E-state index contributed by atoms with van der Waals surface area (Å²) in [5.74, 6) is 1.94. The van der Waals surface area contributed by atoms with Crippen LogP contribution in [-0.2, 0) is 4.79 Å². The zero-order valence-corrected chi connectivity index (χ0v) is 19.4. The molecule has 1 aromatic heterocycles. The maximum Gasteiger partial charge on any atom is 0.237 e. The monoisotopic (exact) mass is 460 g/mol. The molecule has 0 bridgehead atoms. The number of nitrogens with one attached hydrogen (secondary N) is 1. The maximum atomic E-state index is 12.9. The fourth-order valence-electron chi connectivity index (χ4n) is 3.26. The van der Waals surface area contributed by atoms with Crippen molar-refractivity contribution in [3.63, 3.8) is 0 Å². The predicted octanol–water partition coefficient (Wildman–Crippen LogP) is 5.07. The Labute approximate surface area is 196 Å². The number of thioether (sulfide) groups is 1. The van der Waals surface area contributed by atoms with E-state index >= 15 is 0 Å². The van der Waals surface area contributed by atoms with Crippen molar-refractivity contribution in [2.45, 2.75) is 17.3 Å². The molecule has 1 unspecified atom stereocenters. The van der Waals surface area contributed by atoms with E-state index in [1.807, 2.05) is 84.3 Å². The lowest BCUT2D eigenvalue weighted by Crippen LogP contribution is -2.22. The summed E-state index contributed by atoms with van der Waals surface area (Å²) in [4.78, 5) is 12.9. The van der Waals surface area contributed by atoms with E-state index in [0.717, 1.165) is 17.0 Å². The molecule has 0 aliphatic rings. The van der Waals surface area contributed by atoms with Crippen molar-refractivity contribution < 1.29 is 14.3 Å². The van der Waals surface area contributed by atoms with Crippen molar-refractivity contribution in [3.8, 4) is 28.6 Å². The lowest BCUT2D eigenvalue weighted by atomic mass is 10.2. The largest absolute Gasteiger partial charge is 0.497 e. The zero-order chi connectivity index (χ0) is 23.2. The number of carbonyl (C=O) groups is 1. The topological polar surface area (TPSA) is 78.3 Å². The highest BCUT2D eigenvalue weighted by Crippen LogP contribution is 2.32. The third-order valence-electron chi connectivity index (χ3n) is 4.96. The van der Waals surface area contributed by atoms with E-state index in [0.29, 0.717) is 22.4 Å². The van der Waals surface area contributed by atoms with Gasteiger partial charge in [0, 0.05) is 23.0 Å². The molecule has 0 saturated carbocycles. The highest BCUT2D eigenvalue weighted by atomic mass is 32.2. The highest BCUT2D eigenvalue weighted by Gasteiger charge is 2.22. The van der Waals surface area contributed by atoms with Crippen LogP contribution in [0, 0.1) is 0 Å². The quantitative estimate of drug-likeness (QED) is 0.370. The number of rotatable bonds is 8. The molecule has 1 atom stereocenters. The molecular weight excluding hydrogens is 436 g/mol. The van der Waals surface area contributed by atoms with Gasteiger partial charge in [-0.3, -0.25) is 9.36 Å². The van der Waals surface area contributed by atoms with Crippen molar-refractivity contribution in [1.82, 2.24) is 14.8 Å². The van der Waals surface area contributed by atoms with Crippen LogP contribution in [0.5, 0.6) is 11.5 Å². The van der Waals surface area contributed by atoms with Crippen LogP contribution in [0.15, 0.2) is 84.0 Å². The van der Waals surface area contributed by atoms with Gasteiger partial charge in [0.2, 0.25) is 5.91 Å². The van der Waals surface area contributed by atoms with E-state index in [9.17, 15) is 4.79 Å². The Bertz CT molecular complexity index is 1240. The Morgan fingerprint density at radius 2 is 1.61 bits per heavy atom. The predicted molar refractivity (Wildman–Crippen MR) is 130 cm³/mol. The summed E-state index contributed by atoms with van der Waals surface area (Å²) in [6, 6.07) is 24.8. The number of nitrogens with zero attached hydrogens (tertiary/aromatic N) is 3. The summed E-state index contributed by atoms with van der Waals surface area (Å²) in [6.07, 6.45) is 0. The molecule has 168 valence electrons. The Hall–Kier alpha value is -3.78. The summed E-state index contributed by atoms with van der Waals surface area (Å²) < 4.78 is 12.6. The van der Waals surface area contributed by atoms with Gasteiger partial charge >= 0.3 is 0 Å². The SMILES string of the molecule is COc1cccc(NC(=O)C(C)Sc2nnc(-c3cccc(OC)c3)n2-c2ccccc2)c1. The number of amides is 1. The molecule has 8 heteroatoms. The minimum atomic E-state index is -0.416. The molecule has 4 aromatic rings. The number of hydrogen-bond acceptors (Lipinski definition) is 6. The molecule has 3 aromatic carbocycles. The molecule has 7 nitrogen and oxygen atoms in total. The summed E-state index contributed by atoms with van der Waals surface area (Å²) in [5.41, 5.74) is 2.45. The van der Waals surface area contributed by atoms with Crippen LogP contribution in [0.4, 0.5) is 5.69 Å². The van der Waals surface area contributed by atoms with Gasteiger partial charge in [-0.15, -0.1) is 10.2 Å². The van der Waals surface area contributed by atoms with Gasteiger partial charge in [0.15, 0.2) is 11.0 Å². The average molecular weight is 461 g/mol. The minimum Gasteiger partial charge on any atom is -0.497 e. The molecule has 4 rings (SSSR count). The zero-order valence-electron chi connectivity index (χ0n) is 18.6. The minimum absolute atomic E-state index is 0.140. The molecule has 0 radical (unpaired) electrons. The van der Waals surface area contributed by atoms with Gasteiger partial charge in [-0.05, 0) is 43.3 Å². The number of anilines is 1. The fraction of sp³-hybridized carbons (Fsp3) is 0.160. The molecule has 1 N–H and O–H groups in total. The fourth-order valence-corrected chi connectivity index (χ4v) is 4.13. The first-order valence-electron chi connectivity index (χ1n) is 10.4. The number of ether oxygens (including phenoxy) is 2. The average Bonchev–Trinajstić information content (AvgIpc) is 3.28. The first-order valence-corrected chi connectivity index (χ1v) is 11.2. The van der Waals surface area contributed by atoms with Gasteiger partial charge in [0.1, 0.15) is 11.5 Å². The summed E-state index contributed by atoms with van der Waals surface area (Å²) in [7, 11) is 3.22. The number of para-hydroxylation sites is 1. The van der Waals surface area contributed by atoms with Gasteiger partial charge in [-0.2, -0.15) is 0 Å². The molecule has 33 heavy (non-hydrogen) atoms. The van der Waals surface area contributed by atoms with Crippen LogP contribution >= 0.6 is 11.8 Å². The van der Waals surface area contributed by atoms with Crippen LogP contribution in [0.1, 0.15) is 6.92 Å². The second-order valence-electron chi connectivity index (χ2n) is 7.19. The standard InChI is InChI=1S/C25H24N4O3S/c1-17(24(30)26-19-10-8-14-22(16-19)32-3)33-25-28-27-23(18-9-7-13-21(15-18)31-2)29(25)20-11-5-4-6-12-20/h4-17H,1-3H3,(H,26,30). The van der Waals surface area contributed by atoms with E-state index in [-0.39, 0.29) is 5.91 Å². The molecular formula is C25H24N4O3S. The number of benzene rings is 3. The van der Waals surface area contributed by atoms with Crippen molar-refractivity contribution in [3.05, 3.63) is 78.9 Å². The number of carbonyl (C=O) groups excluding carboxylic acids is 1. The van der Waals surface area contributed by atoms with E-state index < -0.39 is 5.25 Å². The number of methoxy groups -OCH3 is 2. The summed E-state index contributed by atoms with van der Waals surface area (Å²) in [5, 5.41) is 12.0. The van der Waals surface area contributed by atoms with E-state index in [2.05, 4.69) is 15.5 Å². The molecule has 0 saturated heterocycles. The third kappa shape index (κ3) is 5.18. The smallest absolute Gasteiger partial charge is 0.237 e. The van der Waals surface area contributed by atoms with Gasteiger partial charge in [-0.25, -0.2) is 0 Å². The first kappa shape index (κ1) is 22.4. The molecule has 0 spiro atoms. The highest BCUT2D eigenvalue weighted by molar-refractivity contribution is 8.00. The Balaban J connectivity index is 1.63. The number of hydrogen-bond donors (Lipinski definition) is 1. The van der Waals surface area contributed by atoms with E-state index in [1.165, 1.54) is 11.8 Å². The Kier molecular flexibility index (Phi) is 6.95. The summed E-state index contributed by atoms with van der Waals surface area (Å²) in [6.45, 7) is 1.84. The lowest BCUT2D eigenvalue weighted by molar-refractivity contribution is -0.115. The lowest BCUT2D eigenvalue weighted by Gasteiger charge is -2.14.